The molecule has 2 aromatic rings. The summed E-state index contributed by atoms with van der Waals surface area (Å²) in [4.78, 5) is 4.64. The van der Waals surface area contributed by atoms with E-state index in [1.165, 1.54) is 30.2 Å². The number of aromatic nitrogens is 1. The van der Waals surface area contributed by atoms with Crippen LogP contribution < -0.4 is 5.32 Å². The zero-order chi connectivity index (χ0) is 14.0. The number of nitrogens with zero attached hydrogens (tertiary/aromatic N) is 1. The molecule has 1 aromatic heterocycles. The van der Waals surface area contributed by atoms with Gasteiger partial charge in [0.05, 0.1) is 5.52 Å². The van der Waals surface area contributed by atoms with Gasteiger partial charge < -0.3 is 5.32 Å². The predicted molar refractivity (Wildman–Crippen MR) is 84.9 cm³/mol. The van der Waals surface area contributed by atoms with Crippen molar-refractivity contribution < 1.29 is 0 Å². The van der Waals surface area contributed by atoms with Gasteiger partial charge in [-0.25, -0.2) is 0 Å². The maximum absolute atomic E-state index is 4.64. The van der Waals surface area contributed by atoms with Crippen LogP contribution in [0, 0.1) is 30.6 Å². The third-order valence-electron chi connectivity index (χ3n) is 6.19. The van der Waals surface area contributed by atoms with E-state index in [0.717, 1.165) is 47.5 Å². The molecule has 3 saturated carbocycles. The molecule has 21 heavy (non-hydrogen) atoms. The van der Waals surface area contributed by atoms with Crippen molar-refractivity contribution in [1.29, 1.82) is 0 Å². The molecule has 2 heteroatoms. The van der Waals surface area contributed by atoms with E-state index in [1.807, 2.05) is 0 Å². The lowest BCUT2D eigenvalue weighted by atomic mass is 10.0. The van der Waals surface area contributed by atoms with Gasteiger partial charge in [0.1, 0.15) is 0 Å². The maximum atomic E-state index is 4.64. The van der Waals surface area contributed by atoms with E-state index >= 15 is 0 Å². The van der Waals surface area contributed by atoms with Gasteiger partial charge in [0.2, 0.25) is 0 Å². The molecular weight excluding hydrogens is 256 g/mol. The van der Waals surface area contributed by atoms with Crippen molar-refractivity contribution in [3.8, 4) is 0 Å². The number of hydrogen-bond donors (Lipinski definition) is 1. The van der Waals surface area contributed by atoms with E-state index in [1.54, 1.807) is 0 Å². The molecule has 1 heterocycles. The van der Waals surface area contributed by atoms with Crippen molar-refractivity contribution in [2.75, 3.05) is 0 Å². The summed E-state index contributed by atoms with van der Waals surface area (Å²) in [5, 5.41) is 5.18. The second-order valence-electron chi connectivity index (χ2n) is 7.33. The Bertz CT molecular complexity index is 692. The molecule has 5 rings (SSSR count). The molecule has 1 N–H and O–H groups in total. The second-order valence-corrected chi connectivity index (χ2v) is 7.33. The number of aryl methyl sites for hydroxylation is 1. The van der Waals surface area contributed by atoms with Crippen LogP contribution in [0.4, 0.5) is 0 Å². The van der Waals surface area contributed by atoms with E-state index in [-0.39, 0.29) is 0 Å². The minimum Gasteiger partial charge on any atom is -0.309 e. The molecule has 0 radical (unpaired) electrons. The van der Waals surface area contributed by atoms with Crippen LogP contribution in [0.2, 0.25) is 0 Å². The van der Waals surface area contributed by atoms with Gasteiger partial charge in [0.15, 0.2) is 0 Å². The number of hydrogen-bond acceptors (Lipinski definition) is 2. The average Bonchev–Trinajstić information content (AvgIpc) is 2.88. The van der Waals surface area contributed by atoms with Gasteiger partial charge in [-0.2, -0.15) is 0 Å². The van der Waals surface area contributed by atoms with Crippen LogP contribution >= 0.6 is 0 Å². The summed E-state index contributed by atoms with van der Waals surface area (Å²) in [7, 11) is 0. The number of rotatable bonds is 3. The Balaban J connectivity index is 1.38. The number of benzene rings is 1. The van der Waals surface area contributed by atoms with Crippen molar-refractivity contribution in [1.82, 2.24) is 10.3 Å². The number of para-hydroxylation sites is 1. The van der Waals surface area contributed by atoms with Gasteiger partial charge in [-0.3, -0.25) is 4.98 Å². The molecule has 3 aliphatic rings. The molecule has 2 bridgehead atoms. The lowest BCUT2D eigenvalue weighted by Gasteiger charge is -2.12. The summed E-state index contributed by atoms with van der Waals surface area (Å²) >= 11 is 0. The van der Waals surface area contributed by atoms with E-state index in [9.17, 15) is 0 Å². The average molecular weight is 278 g/mol. The van der Waals surface area contributed by atoms with E-state index in [0.29, 0.717) is 0 Å². The van der Waals surface area contributed by atoms with Crippen molar-refractivity contribution in [3.05, 3.63) is 41.6 Å². The van der Waals surface area contributed by atoms with Gasteiger partial charge in [0.25, 0.3) is 0 Å². The summed E-state index contributed by atoms with van der Waals surface area (Å²) in [6.45, 7) is 3.10. The smallest absolute Gasteiger partial charge is 0.0708 e. The molecule has 0 spiro atoms. The fraction of sp³-hybridized carbons (Fsp3) is 0.526. The predicted octanol–water partition coefficient (Wildman–Crippen LogP) is 3.68. The molecule has 1 aromatic carbocycles. The van der Waals surface area contributed by atoms with Crippen molar-refractivity contribution in [3.63, 3.8) is 0 Å². The fourth-order valence-corrected chi connectivity index (χ4v) is 5.37. The van der Waals surface area contributed by atoms with E-state index in [4.69, 9.17) is 0 Å². The van der Waals surface area contributed by atoms with Gasteiger partial charge >= 0.3 is 0 Å². The molecule has 3 fully saturated rings. The first-order valence-corrected chi connectivity index (χ1v) is 8.40. The monoisotopic (exact) mass is 278 g/mol. The van der Waals surface area contributed by atoms with Crippen molar-refractivity contribution in [2.45, 2.75) is 38.8 Å². The Kier molecular flexibility index (Phi) is 2.49. The fourth-order valence-electron chi connectivity index (χ4n) is 5.37. The van der Waals surface area contributed by atoms with Gasteiger partial charge in [0, 0.05) is 23.7 Å². The molecule has 108 valence electrons. The lowest BCUT2D eigenvalue weighted by molar-refractivity contribution is 0.456. The number of pyridine rings is 1. The van der Waals surface area contributed by atoms with E-state index in [2.05, 4.69) is 47.6 Å². The van der Waals surface area contributed by atoms with Crippen LogP contribution in [0.5, 0.6) is 0 Å². The maximum Gasteiger partial charge on any atom is 0.0708 e. The van der Waals surface area contributed by atoms with Gasteiger partial charge in [-0.05, 0) is 67.6 Å². The minimum atomic E-state index is 0.809. The first-order chi connectivity index (χ1) is 10.3. The van der Waals surface area contributed by atoms with Crippen LogP contribution in [-0.2, 0) is 6.54 Å². The Morgan fingerprint density at radius 3 is 2.71 bits per heavy atom. The summed E-state index contributed by atoms with van der Waals surface area (Å²) in [6.07, 6.45) is 4.54. The van der Waals surface area contributed by atoms with Gasteiger partial charge in [-0.15, -0.1) is 0 Å². The molecule has 0 amide bonds. The number of fused-ring (bicyclic) bond motifs is 6. The molecule has 0 aliphatic heterocycles. The highest BCUT2D eigenvalue weighted by Crippen LogP contribution is 2.65. The summed E-state index contributed by atoms with van der Waals surface area (Å²) < 4.78 is 0. The quantitative estimate of drug-likeness (QED) is 0.926. The normalized spacial score (nSPS) is 36.1. The highest BCUT2D eigenvalue weighted by atomic mass is 15.0. The van der Waals surface area contributed by atoms with Crippen molar-refractivity contribution in [2.24, 2.45) is 23.7 Å². The van der Waals surface area contributed by atoms with E-state index < -0.39 is 0 Å². The van der Waals surface area contributed by atoms with Crippen LogP contribution in [0.3, 0.4) is 0 Å². The van der Waals surface area contributed by atoms with Crippen LogP contribution in [0.25, 0.3) is 10.9 Å². The highest BCUT2D eigenvalue weighted by molar-refractivity contribution is 5.82. The summed E-state index contributed by atoms with van der Waals surface area (Å²) in [5.74, 6) is 4.12. The highest BCUT2D eigenvalue weighted by Gasteiger charge is 2.64. The molecule has 0 saturated heterocycles. The first kappa shape index (κ1) is 12.2. The third-order valence-corrected chi connectivity index (χ3v) is 6.19. The Labute approximate surface area is 126 Å². The first-order valence-electron chi connectivity index (χ1n) is 8.40. The SMILES string of the molecule is Cc1cc(CNC2C3C4CCC(C4)C23)c2ccccc2n1. The molecule has 2 nitrogen and oxygen atoms in total. The van der Waals surface area contributed by atoms with Crippen LogP contribution in [0.1, 0.15) is 30.5 Å². The topological polar surface area (TPSA) is 24.9 Å². The number of nitrogens with one attached hydrogen (secondary N) is 1. The summed E-state index contributed by atoms with van der Waals surface area (Å²) in [5.41, 5.74) is 3.67. The molecular formula is C19H22N2. The van der Waals surface area contributed by atoms with Crippen molar-refractivity contribution >= 4 is 10.9 Å². The standard InChI is InChI=1S/C19H22N2/c1-11-8-14(15-4-2-3-5-16(15)21-11)10-20-19-17-12-6-7-13(9-12)18(17)19/h2-5,8,12-13,17-20H,6-7,9-10H2,1H3. The Hall–Kier alpha value is -1.41. The second kappa shape index (κ2) is 4.30. The Morgan fingerprint density at radius 2 is 1.90 bits per heavy atom. The zero-order valence-electron chi connectivity index (χ0n) is 12.5. The largest absolute Gasteiger partial charge is 0.309 e. The minimum absolute atomic E-state index is 0.809. The molecule has 3 aliphatic carbocycles. The third kappa shape index (κ3) is 1.78. The lowest BCUT2D eigenvalue weighted by Crippen LogP contribution is -2.22. The molecule has 4 atom stereocenters. The zero-order valence-corrected chi connectivity index (χ0v) is 12.5. The Morgan fingerprint density at radius 1 is 1.14 bits per heavy atom. The summed E-state index contributed by atoms with van der Waals surface area (Å²) in [6, 6.07) is 11.6. The molecule has 4 unspecified atom stereocenters. The van der Waals surface area contributed by atoms with Crippen LogP contribution in [-0.4, -0.2) is 11.0 Å². The van der Waals surface area contributed by atoms with Gasteiger partial charge in [-0.1, -0.05) is 18.2 Å². The van der Waals surface area contributed by atoms with Crippen LogP contribution in [0.15, 0.2) is 30.3 Å².